The SMILES string of the molecule is COCCN(CC(=O)NC1CC1)C(=O)C1=CN=CCC1. The molecule has 0 aromatic rings. The van der Waals surface area contributed by atoms with Crippen molar-refractivity contribution in [2.75, 3.05) is 26.8 Å². The molecule has 0 spiro atoms. The third-order valence-corrected chi connectivity index (χ3v) is 3.28. The van der Waals surface area contributed by atoms with Crippen LogP contribution in [-0.2, 0) is 14.3 Å². The van der Waals surface area contributed by atoms with E-state index in [0.29, 0.717) is 31.2 Å². The van der Waals surface area contributed by atoms with Gasteiger partial charge in [0.15, 0.2) is 0 Å². The van der Waals surface area contributed by atoms with Gasteiger partial charge in [0.25, 0.3) is 5.91 Å². The zero-order chi connectivity index (χ0) is 14.4. The Bertz CT molecular complexity index is 427. The minimum Gasteiger partial charge on any atom is -0.383 e. The quantitative estimate of drug-likeness (QED) is 0.737. The highest BCUT2D eigenvalue weighted by molar-refractivity contribution is 5.96. The Morgan fingerprint density at radius 1 is 1.50 bits per heavy atom. The molecule has 0 unspecified atom stereocenters. The van der Waals surface area contributed by atoms with Crippen molar-refractivity contribution in [3.8, 4) is 0 Å². The Morgan fingerprint density at radius 3 is 2.90 bits per heavy atom. The first kappa shape index (κ1) is 14.7. The van der Waals surface area contributed by atoms with E-state index in [1.165, 1.54) is 4.90 Å². The van der Waals surface area contributed by atoms with Crippen LogP contribution in [0.3, 0.4) is 0 Å². The maximum Gasteiger partial charge on any atom is 0.251 e. The zero-order valence-corrected chi connectivity index (χ0v) is 11.8. The van der Waals surface area contributed by atoms with E-state index in [4.69, 9.17) is 4.74 Å². The normalized spacial score (nSPS) is 17.6. The molecule has 2 amide bonds. The smallest absolute Gasteiger partial charge is 0.251 e. The highest BCUT2D eigenvalue weighted by atomic mass is 16.5. The van der Waals surface area contributed by atoms with E-state index in [1.807, 2.05) is 0 Å². The number of hydrogen-bond donors (Lipinski definition) is 1. The first-order chi connectivity index (χ1) is 9.70. The fraction of sp³-hybridized carbons (Fsp3) is 0.643. The summed E-state index contributed by atoms with van der Waals surface area (Å²) < 4.78 is 5.01. The number of carbonyl (C=O) groups is 2. The predicted molar refractivity (Wildman–Crippen MR) is 75.4 cm³/mol. The molecule has 6 heteroatoms. The first-order valence-electron chi connectivity index (χ1n) is 6.99. The lowest BCUT2D eigenvalue weighted by atomic mass is 10.1. The molecule has 1 saturated carbocycles. The maximum absolute atomic E-state index is 12.4. The molecule has 1 fully saturated rings. The highest BCUT2D eigenvalue weighted by Gasteiger charge is 2.26. The van der Waals surface area contributed by atoms with Crippen LogP contribution in [0.15, 0.2) is 16.8 Å². The molecule has 0 aromatic carbocycles. The van der Waals surface area contributed by atoms with Crippen molar-refractivity contribution in [2.45, 2.75) is 31.7 Å². The summed E-state index contributed by atoms with van der Waals surface area (Å²) in [4.78, 5) is 29.8. The van der Waals surface area contributed by atoms with Crippen molar-refractivity contribution in [3.63, 3.8) is 0 Å². The number of aliphatic imine (C=N–C) groups is 1. The minimum absolute atomic E-state index is 0.0831. The van der Waals surface area contributed by atoms with E-state index < -0.39 is 0 Å². The third kappa shape index (κ3) is 4.45. The molecule has 1 N–H and O–H groups in total. The van der Waals surface area contributed by atoms with Gasteiger partial charge in [0.1, 0.15) is 0 Å². The van der Waals surface area contributed by atoms with Crippen molar-refractivity contribution in [1.82, 2.24) is 10.2 Å². The molecule has 0 bridgehead atoms. The van der Waals surface area contributed by atoms with Crippen LogP contribution in [0.5, 0.6) is 0 Å². The van der Waals surface area contributed by atoms with Gasteiger partial charge < -0.3 is 15.0 Å². The number of nitrogens with zero attached hydrogens (tertiary/aromatic N) is 2. The van der Waals surface area contributed by atoms with Crippen LogP contribution in [0, 0.1) is 0 Å². The molecule has 6 nitrogen and oxygen atoms in total. The van der Waals surface area contributed by atoms with Crippen molar-refractivity contribution in [1.29, 1.82) is 0 Å². The number of ether oxygens (including phenoxy) is 1. The van der Waals surface area contributed by atoms with Crippen molar-refractivity contribution < 1.29 is 14.3 Å². The van der Waals surface area contributed by atoms with Gasteiger partial charge in [-0.3, -0.25) is 14.6 Å². The van der Waals surface area contributed by atoms with Crippen molar-refractivity contribution >= 4 is 18.0 Å². The van der Waals surface area contributed by atoms with Crippen molar-refractivity contribution in [2.24, 2.45) is 4.99 Å². The number of rotatable bonds is 7. The molecule has 0 saturated heterocycles. The van der Waals surface area contributed by atoms with Gasteiger partial charge in [0.2, 0.25) is 5.91 Å². The largest absolute Gasteiger partial charge is 0.383 e. The summed E-state index contributed by atoms with van der Waals surface area (Å²) in [7, 11) is 1.58. The van der Waals surface area contributed by atoms with Crippen LogP contribution in [0.4, 0.5) is 0 Å². The average Bonchev–Trinajstić information content (AvgIpc) is 3.27. The van der Waals surface area contributed by atoms with Gasteiger partial charge in [-0.15, -0.1) is 0 Å². The van der Waals surface area contributed by atoms with Crippen LogP contribution in [0.1, 0.15) is 25.7 Å². The molecular formula is C14H21N3O3. The summed E-state index contributed by atoms with van der Waals surface area (Å²) in [5, 5.41) is 2.90. The molecule has 1 aliphatic heterocycles. The topological polar surface area (TPSA) is 71.0 Å². The molecule has 110 valence electrons. The Hall–Kier alpha value is -1.69. The van der Waals surface area contributed by atoms with E-state index in [1.54, 1.807) is 19.5 Å². The van der Waals surface area contributed by atoms with Crippen LogP contribution in [0.25, 0.3) is 0 Å². The molecule has 2 aliphatic rings. The van der Waals surface area contributed by atoms with Gasteiger partial charge in [-0.25, -0.2) is 0 Å². The molecule has 0 atom stereocenters. The summed E-state index contributed by atoms with van der Waals surface area (Å²) in [5.74, 6) is -0.221. The summed E-state index contributed by atoms with van der Waals surface area (Å²) in [5.41, 5.74) is 0.655. The fourth-order valence-electron chi connectivity index (χ4n) is 2.00. The standard InChI is InChI=1S/C14H21N3O3/c1-20-8-7-17(10-13(18)16-12-4-5-12)14(19)11-3-2-6-15-9-11/h6,9,12H,2-5,7-8,10H2,1H3,(H,16,18). The van der Waals surface area contributed by atoms with Crippen LogP contribution < -0.4 is 5.32 Å². The predicted octanol–water partition coefficient (Wildman–Crippen LogP) is 0.489. The fourth-order valence-corrected chi connectivity index (χ4v) is 2.00. The second-order valence-electron chi connectivity index (χ2n) is 5.09. The molecular weight excluding hydrogens is 258 g/mol. The maximum atomic E-state index is 12.4. The first-order valence-corrected chi connectivity index (χ1v) is 6.99. The lowest BCUT2D eigenvalue weighted by Gasteiger charge is -2.23. The van der Waals surface area contributed by atoms with Gasteiger partial charge in [-0.05, 0) is 25.7 Å². The van der Waals surface area contributed by atoms with E-state index in [0.717, 1.165) is 19.3 Å². The number of amides is 2. The second-order valence-corrected chi connectivity index (χ2v) is 5.09. The lowest BCUT2D eigenvalue weighted by Crippen LogP contribution is -2.43. The molecule has 0 aromatic heterocycles. The Morgan fingerprint density at radius 2 is 2.30 bits per heavy atom. The third-order valence-electron chi connectivity index (χ3n) is 3.28. The number of nitrogens with one attached hydrogen (secondary N) is 1. The number of carbonyl (C=O) groups excluding carboxylic acids is 2. The Balaban J connectivity index is 1.93. The summed E-state index contributed by atoms with van der Waals surface area (Å²) in [6, 6.07) is 0.306. The molecule has 2 rings (SSSR count). The van der Waals surface area contributed by atoms with Crippen LogP contribution >= 0.6 is 0 Å². The summed E-state index contributed by atoms with van der Waals surface area (Å²) in [6.07, 6.45) is 6.90. The zero-order valence-electron chi connectivity index (χ0n) is 11.8. The van der Waals surface area contributed by atoms with Gasteiger partial charge in [-0.1, -0.05) is 0 Å². The van der Waals surface area contributed by atoms with Gasteiger partial charge >= 0.3 is 0 Å². The minimum atomic E-state index is -0.121. The molecule has 20 heavy (non-hydrogen) atoms. The lowest BCUT2D eigenvalue weighted by molar-refractivity contribution is -0.133. The van der Waals surface area contributed by atoms with Crippen molar-refractivity contribution in [3.05, 3.63) is 11.8 Å². The monoisotopic (exact) mass is 279 g/mol. The van der Waals surface area contributed by atoms with Gasteiger partial charge in [-0.2, -0.15) is 0 Å². The van der Waals surface area contributed by atoms with E-state index in [2.05, 4.69) is 10.3 Å². The number of hydrogen-bond acceptors (Lipinski definition) is 4. The van der Waals surface area contributed by atoms with Crippen LogP contribution in [0.2, 0.25) is 0 Å². The van der Waals surface area contributed by atoms with E-state index in [-0.39, 0.29) is 18.4 Å². The molecule has 1 heterocycles. The molecule has 1 aliphatic carbocycles. The second kappa shape index (κ2) is 7.19. The Labute approximate surface area is 118 Å². The van der Waals surface area contributed by atoms with Crippen LogP contribution in [-0.4, -0.2) is 55.8 Å². The highest BCUT2D eigenvalue weighted by Crippen LogP contribution is 2.18. The van der Waals surface area contributed by atoms with E-state index in [9.17, 15) is 9.59 Å². The summed E-state index contributed by atoms with van der Waals surface area (Å²) >= 11 is 0. The average molecular weight is 279 g/mol. The van der Waals surface area contributed by atoms with Gasteiger partial charge in [0.05, 0.1) is 13.2 Å². The Kier molecular flexibility index (Phi) is 5.29. The van der Waals surface area contributed by atoms with E-state index >= 15 is 0 Å². The summed E-state index contributed by atoms with van der Waals surface area (Å²) in [6.45, 7) is 0.910. The molecule has 0 radical (unpaired) electrons. The van der Waals surface area contributed by atoms with Gasteiger partial charge in [0, 0.05) is 37.7 Å². The number of methoxy groups -OCH3 is 1.